The van der Waals surface area contributed by atoms with Crippen molar-refractivity contribution in [1.82, 2.24) is 5.32 Å². The van der Waals surface area contributed by atoms with E-state index >= 15 is 0 Å². The van der Waals surface area contributed by atoms with E-state index < -0.39 is 0 Å². The van der Waals surface area contributed by atoms with Crippen molar-refractivity contribution < 1.29 is 0 Å². The summed E-state index contributed by atoms with van der Waals surface area (Å²) >= 11 is 12.2. The van der Waals surface area contributed by atoms with Crippen LogP contribution in [0, 0.1) is 0 Å². The van der Waals surface area contributed by atoms with Crippen molar-refractivity contribution in [1.29, 1.82) is 0 Å². The Hall–Kier alpha value is -1.02. The van der Waals surface area contributed by atoms with Gasteiger partial charge in [-0.15, -0.1) is 0 Å². The topological polar surface area (TPSA) is 12.0 Å². The molecule has 2 aromatic carbocycles. The van der Waals surface area contributed by atoms with Crippen molar-refractivity contribution in [2.24, 2.45) is 0 Å². The van der Waals surface area contributed by atoms with Crippen molar-refractivity contribution in [2.75, 3.05) is 0 Å². The molecule has 0 unspecified atom stereocenters. The van der Waals surface area contributed by atoms with Crippen LogP contribution in [0.3, 0.4) is 0 Å². The molecule has 0 bridgehead atoms. The quantitative estimate of drug-likeness (QED) is 0.779. The number of rotatable bonds is 5. The van der Waals surface area contributed by atoms with Crippen LogP contribution in [0.4, 0.5) is 0 Å². The van der Waals surface area contributed by atoms with Gasteiger partial charge in [0.1, 0.15) is 0 Å². The lowest BCUT2D eigenvalue weighted by Crippen LogP contribution is -2.13. The molecule has 2 aromatic rings. The third-order valence-corrected chi connectivity index (χ3v) is 4.18. The first-order chi connectivity index (χ1) is 9.58. The minimum Gasteiger partial charge on any atom is -0.309 e. The third kappa shape index (κ3) is 3.99. The molecule has 0 heterocycles. The summed E-state index contributed by atoms with van der Waals surface area (Å²) in [5.74, 6) is 0.572. The van der Waals surface area contributed by atoms with Crippen LogP contribution in [0.25, 0.3) is 0 Å². The lowest BCUT2D eigenvalue weighted by atomic mass is 10.0. The van der Waals surface area contributed by atoms with E-state index in [1.807, 2.05) is 12.1 Å². The van der Waals surface area contributed by atoms with E-state index in [4.69, 9.17) is 23.2 Å². The lowest BCUT2D eigenvalue weighted by molar-refractivity contribution is 0.693. The van der Waals surface area contributed by atoms with Crippen molar-refractivity contribution in [3.05, 3.63) is 69.2 Å². The molecule has 106 valence electrons. The molecule has 2 rings (SSSR count). The first-order valence-corrected chi connectivity index (χ1v) is 7.56. The largest absolute Gasteiger partial charge is 0.309 e. The van der Waals surface area contributed by atoms with E-state index in [1.54, 1.807) is 6.07 Å². The molecule has 0 spiro atoms. The van der Waals surface area contributed by atoms with Crippen molar-refractivity contribution in [3.63, 3.8) is 0 Å². The maximum absolute atomic E-state index is 6.16. The summed E-state index contributed by atoms with van der Waals surface area (Å²) in [4.78, 5) is 0. The molecular formula is C17H19Cl2N. The molecule has 0 aliphatic rings. The van der Waals surface area contributed by atoms with Gasteiger partial charge in [0.2, 0.25) is 0 Å². The van der Waals surface area contributed by atoms with E-state index in [2.05, 4.69) is 43.4 Å². The Balaban J connectivity index is 1.91. The fourth-order valence-electron chi connectivity index (χ4n) is 2.05. The van der Waals surface area contributed by atoms with E-state index in [9.17, 15) is 0 Å². The van der Waals surface area contributed by atoms with Gasteiger partial charge in [-0.3, -0.25) is 0 Å². The van der Waals surface area contributed by atoms with Crippen LogP contribution in [0.2, 0.25) is 10.0 Å². The second-order valence-corrected chi connectivity index (χ2v) is 6.00. The summed E-state index contributed by atoms with van der Waals surface area (Å²) in [5.41, 5.74) is 3.66. The number of nitrogens with one attached hydrogen (secondary N) is 1. The smallest absolute Gasteiger partial charge is 0.0637 e. The molecule has 20 heavy (non-hydrogen) atoms. The summed E-state index contributed by atoms with van der Waals surface area (Å²) in [7, 11) is 0. The number of halogens is 2. The monoisotopic (exact) mass is 307 g/mol. The maximum Gasteiger partial charge on any atom is 0.0637 e. The summed E-state index contributed by atoms with van der Waals surface area (Å²) < 4.78 is 0. The van der Waals surface area contributed by atoms with Gasteiger partial charge in [0.25, 0.3) is 0 Å². The lowest BCUT2D eigenvalue weighted by Gasteiger charge is -2.09. The molecule has 0 aliphatic heterocycles. The number of benzene rings is 2. The molecular weight excluding hydrogens is 289 g/mol. The molecule has 0 saturated carbocycles. The Morgan fingerprint density at radius 2 is 1.65 bits per heavy atom. The second-order valence-electron chi connectivity index (χ2n) is 5.21. The fraction of sp³-hybridized carbons (Fsp3) is 0.294. The van der Waals surface area contributed by atoms with Crippen molar-refractivity contribution in [2.45, 2.75) is 32.9 Å². The van der Waals surface area contributed by atoms with E-state index in [1.165, 1.54) is 11.1 Å². The van der Waals surface area contributed by atoms with Crippen LogP contribution in [-0.2, 0) is 13.1 Å². The van der Waals surface area contributed by atoms with Crippen LogP contribution >= 0.6 is 23.2 Å². The van der Waals surface area contributed by atoms with Crippen LogP contribution in [-0.4, -0.2) is 0 Å². The third-order valence-electron chi connectivity index (χ3n) is 3.32. The second kappa shape index (κ2) is 7.12. The Labute approximate surface area is 130 Å². The highest BCUT2D eigenvalue weighted by Gasteiger charge is 2.04. The zero-order chi connectivity index (χ0) is 14.5. The van der Waals surface area contributed by atoms with E-state index in [0.29, 0.717) is 22.5 Å². The van der Waals surface area contributed by atoms with Gasteiger partial charge in [-0.05, 0) is 28.7 Å². The van der Waals surface area contributed by atoms with Gasteiger partial charge < -0.3 is 5.32 Å². The van der Waals surface area contributed by atoms with Crippen LogP contribution in [0.5, 0.6) is 0 Å². The normalized spacial score (nSPS) is 11.1. The molecule has 1 N–H and O–H groups in total. The fourth-order valence-corrected chi connectivity index (χ4v) is 2.43. The molecule has 0 aromatic heterocycles. The molecule has 3 heteroatoms. The Kier molecular flexibility index (Phi) is 5.47. The predicted molar refractivity (Wildman–Crippen MR) is 87.5 cm³/mol. The van der Waals surface area contributed by atoms with Gasteiger partial charge in [-0.2, -0.15) is 0 Å². The molecule has 0 aliphatic carbocycles. The number of hydrogen-bond donors (Lipinski definition) is 1. The van der Waals surface area contributed by atoms with Gasteiger partial charge in [0, 0.05) is 13.1 Å². The van der Waals surface area contributed by atoms with Gasteiger partial charge in [0.05, 0.1) is 10.0 Å². The molecule has 0 atom stereocenters. The van der Waals surface area contributed by atoms with E-state index in [0.717, 1.165) is 12.1 Å². The summed E-state index contributed by atoms with van der Waals surface area (Å²) in [5, 5.41) is 4.63. The average molecular weight is 308 g/mol. The van der Waals surface area contributed by atoms with Gasteiger partial charge in [-0.25, -0.2) is 0 Å². The Morgan fingerprint density at radius 3 is 2.30 bits per heavy atom. The Bertz CT molecular complexity index is 562. The molecule has 0 radical (unpaired) electrons. The zero-order valence-electron chi connectivity index (χ0n) is 11.8. The average Bonchev–Trinajstić information content (AvgIpc) is 2.44. The zero-order valence-corrected chi connectivity index (χ0v) is 13.3. The number of hydrogen-bond acceptors (Lipinski definition) is 1. The summed E-state index contributed by atoms with van der Waals surface area (Å²) in [6.07, 6.45) is 0. The molecule has 0 amide bonds. The highest BCUT2D eigenvalue weighted by atomic mass is 35.5. The van der Waals surface area contributed by atoms with Crippen LogP contribution in [0.15, 0.2) is 42.5 Å². The van der Waals surface area contributed by atoms with E-state index in [-0.39, 0.29) is 0 Å². The first-order valence-electron chi connectivity index (χ1n) is 6.80. The van der Waals surface area contributed by atoms with Crippen LogP contribution < -0.4 is 5.32 Å². The van der Waals surface area contributed by atoms with Crippen molar-refractivity contribution in [3.8, 4) is 0 Å². The van der Waals surface area contributed by atoms with Gasteiger partial charge in [0.15, 0.2) is 0 Å². The summed E-state index contributed by atoms with van der Waals surface area (Å²) in [6.45, 7) is 5.94. The Morgan fingerprint density at radius 1 is 0.950 bits per heavy atom. The highest BCUT2D eigenvalue weighted by molar-refractivity contribution is 6.42. The standard InChI is InChI=1S/C17H19Cl2N/c1-12(2)14-8-6-13(7-9-14)10-20-11-15-4-3-5-16(18)17(15)19/h3-9,12,20H,10-11H2,1-2H3. The highest BCUT2D eigenvalue weighted by Crippen LogP contribution is 2.25. The summed E-state index contributed by atoms with van der Waals surface area (Å²) in [6, 6.07) is 14.4. The molecule has 0 fully saturated rings. The maximum atomic E-state index is 6.16. The van der Waals surface area contributed by atoms with Crippen molar-refractivity contribution >= 4 is 23.2 Å². The van der Waals surface area contributed by atoms with Gasteiger partial charge in [-0.1, -0.05) is 73.4 Å². The first kappa shape index (κ1) is 15.4. The molecule has 0 saturated heterocycles. The SMILES string of the molecule is CC(C)c1ccc(CNCc2cccc(Cl)c2Cl)cc1. The minimum atomic E-state index is 0.572. The minimum absolute atomic E-state index is 0.572. The van der Waals surface area contributed by atoms with Crippen LogP contribution in [0.1, 0.15) is 36.5 Å². The predicted octanol–water partition coefficient (Wildman–Crippen LogP) is 5.41. The molecule has 1 nitrogen and oxygen atoms in total. The van der Waals surface area contributed by atoms with Gasteiger partial charge >= 0.3 is 0 Å².